The van der Waals surface area contributed by atoms with Crippen LogP contribution in [0.3, 0.4) is 0 Å². The molecule has 0 atom stereocenters. The fraction of sp³-hybridized carbons (Fsp3) is 0.438. The van der Waals surface area contributed by atoms with Gasteiger partial charge in [-0.05, 0) is 45.6 Å². The Hall–Kier alpha value is -1.19. The molecule has 2 aromatic rings. The van der Waals surface area contributed by atoms with Crippen molar-refractivity contribution >= 4 is 33.8 Å². The van der Waals surface area contributed by atoms with Crippen molar-refractivity contribution in [3.63, 3.8) is 0 Å². The smallest absolute Gasteiger partial charge is 0.251 e. The van der Waals surface area contributed by atoms with Crippen LogP contribution in [-0.4, -0.2) is 45.5 Å². The summed E-state index contributed by atoms with van der Waals surface area (Å²) in [6.45, 7) is 4.73. The number of aryl methyl sites for hydroxylation is 2. The quantitative estimate of drug-likeness (QED) is 0.740. The number of sulfonamides is 1. The Morgan fingerprint density at radius 2 is 1.96 bits per heavy atom. The van der Waals surface area contributed by atoms with Crippen molar-refractivity contribution in [3.05, 3.63) is 39.8 Å². The van der Waals surface area contributed by atoms with Crippen LogP contribution in [0.1, 0.15) is 18.2 Å². The Morgan fingerprint density at radius 1 is 1.28 bits per heavy atom. The maximum Gasteiger partial charge on any atom is 0.251 e. The number of nitrogens with zero attached hydrogens (tertiary/aromatic N) is 1. The van der Waals surface area contributed by atoms with Crippen molar-refractivity contribution in [3.8, 4) is 10.4 Å². The second-order valence-corrected chi connectivity index (χ2v) is 8.91. The minimum absolute atomic E-state index is 0. The highest BCUT2D eigenvalue weighted by atomic mass is 35.5. The van der Waals surface area contributed by atoms with E-state index in [1.165, 1.54) is 11.3 Å². The molecule has 0 aliphatic carbocycles. The Bertz CT molecular complexity index is 873. The molecule has 140 valence electrons. The van der Waals surface area contributed by atoms with Crippen molar-refractivity contribution in [2.75, 3.05) is 27.2 Å². The lowest BCUT2D eigenvalue weighted by Gasteiger charge is -2.10. The number of likely N-dealkylation sites (N-methyl/N-ethyl adjacent to an activating group) is 1. The zero-order valence-electron chi connectivity index (χ0n) is 14.8. The maximum atomic E-state index is 12.3. The first-order chi connectivity index (χ1) is 11.2. The van der Waals surface area contributed by atoms with Crippen LogP contribution in [0.5, 0.6) is 0 Å². The molecule has 2 N–H and O–H groups in total. The van der Waals surface area contributed by atoms with Gasteiger partial charge in [0.05, 0.1) is 0 Å². The lowest BCUT2D eigenvalue weighted by atomic mass is 10.1. The molecule has 0 aliphatic rings. The van der Waals surface area contributed by atoms with E-state index in [2.05, 4.69) is 9.71 Å². The van der Waals surface area contributed by atoms with Crippen LogP contribution in [0, 0.1) is 6.92 Å². The lowest BCUT2D eigenvalue weighted by Crippen LogP contribution is -2.30. The zero-order chi connectivity index (χ0) is 17.9. The largest absolute Gasteiger partial charge is 0.326 e. The van der Waals surface area contributed by atoms with Crippen molar-refractivity contribution in [2.45, 2.75) is 24.5 Å². The van der Waals surface area contributed by atoms with E-state index in [4.69, 9.17) is 0 Å². The van der Waals surface area contributed by atoms with E-state index >= 15 is 0 Å². The summed E-state index contributed by atoms with van der Waals surface area (Å²) in [6.07, 6.45) is 0.630. The van der Waals surface area contributed by atoms with Gasteiger partial charge in [0, 0.05) is 34.8 Å². The first-order valence-corrected chi connectivity index (χ1v) is 10.0. The van der Waals surface area contributed by atoms with E-state index in [0.29, 0.717) is 25.1 Å². The molecule has 2 rings (SSSR count). The number of nitrogens with one attached hydrogen (secondary N) is 2. The first-order valence-electron chi connectivity index (χ1n) is 7.72. The van der Waals surface area contributed by atoms with Gasteiger partial charge in [-0.3, -0.25) is 4.79 Å². The molecule has 0 spiro atoms. The molecule has 6 nitrogen and oxygen atoms in total. The number of hydrogen-bond acceptors (Lipinski definition) is 5. The van der Waals surface area contributed by atoms with E-state index in [1.807, 2.05) is 38.9 Å². The fourth-order valence-corrected chi connectivity index (χ4v) is 4.71. The predicted molar refractivity (Wildman–Crippen MR) is 105 cm³/mol. The number of pyridine rings is 1. The third-order valence-corrected chi connectivity index (χ3v) is 6.73. The fourth-order valence-electron chi connectivity index (χ4n) is 2.27. The summed E-state index contributed by atoms with van der Waals surface area (Å²) in [5.41, 5.74) is 2.21. The Kier molecular flexibility index (Phi) is 7.83. The highest BCUT2D eigenvalue weighted by molar-refractivity contribution is 7.91. The van der Waals surface area contributed by atoms with Crippen LogP contribution >= 0.6 is 23.7 Å². The van der Waals surface area contributed by atoms with E-state index < -0.39 is 10.0 Å². The van der Waals surface area contributed by atoms with E-state index in [-0.39, 0.29) is 22.2 Å². The van der Waals surface area contributed by atoms with Gasteiger partial charge >= 0.3 is 0 Å². The molecule has 2 aromatic heterocycles. The van der Waals surface area contributed by atoms with Gasteiger partial charge in [0.2, 0.25) is 10.0 Å². The summed E-state index contributed by atoms with van der Waals surface area (Å²) in [5.74, 6) is 0. The van der Waals surface area contributed by atoms with Crippen LogP contribution in [-0.2, 0) is 16.4 Å². The van der Waals surface area contributed by atoms with Gasteiger partial charge < -0.3 is 9.88 Å². The lowest BCUT2D eigenvalue weighted by molar-refractivity contribution is 0.412. The number of H-pyrrole nitrogens is 1. The third kappa shape index (κ3) is 5.39. The highest BCUT2D eigenvalue weighted by Gasteiger charge is 2.18. The SMILES string of the molecule is CCc1cc(-c2ccc(S(=O)(=O)NCCN(C)C)s2)c(C)[nH]c1=O.Cl. The van der Waals surface area contributed by atoms with Gasteiger partial charge in [-0.15, -0.1) is 23.7 Å². The van der Waals surface area contributed by atoms with Gasteiger partial charge in [-0.1, -0.05) is 6.92 Å². The van der Waals surface area contributed by atoms with Crippen LogP contribution < -0.4 is 10.3 Å². The Morgan fingerprint density at radius 3 is 2.56 bits per heavy atom. The Balaban J connectivity index is 0.00000312. The zero-order valence-corrected chi connectivity index (χ0v) is 17.2. The van der Waals surface area contributed by atoms with E-state index in [1.54, 1.807) is 12.1 Å². The van der Waals surface area contributed by atoms with E-state index in [0.717, 1.165) is 16.1 Å². The average Bonchev–Trinajstić information content (AvgIpc) is 2.97. The predicted octanol–water partition coefficient (Wildman–Crippen LogP) is 2.24. The summed E-state index contributed by atoms with van der Waals surface area (Å²) < 4.78 is 27.6. The molecule has 0 saturated heterocycles. The molecule has 0 fully saturated rings. The molecular formula is C16H24ClN3O3S2. The van der Waals surface area contributed by atoms with Gasteiger partial charge in [0.1, 0.15) is 4.21 Å². The van der Waals surface area contributed by atoms with Crippen molar-refractivity contribution < 1.29 is 8.42 Å². The third-order valence-electron chi connectivity index (χ3n) is 3.66. The molecule has 0 radical (unpaired) electrons. The first kappa shape index (κ1) is 21.9. The Labute approximate surface area is 158 Å². The van der Waals surface area contributed by atoms with E-state index in [9.17, 15) is 13.2 Å². The summed E-state index contributed by atoms with van der Waals surface area (Å²) in [6, 6.07) is 5.23. The van der Waals surface area contributed by atoms with Crippen molar-refractivity contribution in [1.29, 1.82) is 0 Å². The van der Waals surface area contributed by atoms with Crippen molar-refractivity contribution in [2.24, 2.45) is 0 Å². The number of hydrogen-bond donors (Lipinski definition) is 2. The monoisotopic (exact) mass is 405 g/mol. The molecule has 25 heavy (non-hydrogen) atoms. The molecule has 2 heterocycles. The van der Waals surface area contributed by atoms with Crippen LogP contribution in [0.4, 0.5) is 0 Å². The minimum atomic E-state index is -3.51. The second-order valence-electron chi connectivity index (χ2n) is 5.84. The van der Waals surface area contributed by atoms with Gasteiger partial charge in [-0.25, -0.2) is 13.1 Å². The van der Waals surface area contributed by atoms with Crippen LogP contribution in [0.25, 0.3) is 10.4 Å². The van der Waals surface area contributed by atoms with Crippen LogP contribution in [0.2, 0.25) is 0 Å². The average molecular weight is 406 g/mol. The van der Waals surface area contributed by atoms with Crippen LogP contribution in [0.15, 0.2) is 27.2 Å². The standard InChI is InChI=1S/C16H23N3O3S2.ClH/c1-5-12-10-13(11(2)18-16(12)20)14-6-7-15(23-14)24(21,22)17-8-9-19(3)4;/h6-7,10,17H,5,8-9H2,1-4H3,(H,18,20);1H. The molecule has 0 saturated carbocycles. The molecular weight excluding hydrogens is 382 g/mol. The number of aromatic amines is 1. The summed E-state index contributed by atoms with van der Waals surface area (Å²) >= 11 is 1.20. The maximum absolute atomic E-state index is 12.3. The van der Waals surface area contributed by atoms with Gasteiger partial charge in [0.25, 0.3) is 5.56 Å². The summed E-state index contributed by atoms with van der Waals surface area (Å²) in [5, 5.41) is 0. The van der Waals surface area contributed by atoms with Gasteiger partial charge in [-0.2, -0.15) is 0 Å². The topological polar surface area (TPSA) is 82.3 Å². The molecule has 9 heteroatoms. The number of halogens is 1. The van der Waals surface area contributed by atoms with Gasteiger partial charge in [0.15, 0.2) is 0 Å². The number of rotatable bonds is 7. The summed E-state index contributed by atoms with van der Waals surface area (Å²) in [4.78, 5) is 17.4. The molecule has 0 aliphatic heterocycles. The molecule has 0 aromatic carbocycles. The minimum Gasteiger partial charge on any atom is -0.326 e. The molecule has 0 unspecified atom stereocenters. The normalized spacial score (nSPS) is 11.6. The summed E-state index contributed by atoms with van der Waals surface area (Å²) in [7, 11) is 0.271. The molecule has 0 amide bonds. The second kappa shape index (κ2) is 8.95. The highest BCUT2D eigenvalue weighted by Crippen LogP contribution is 2.32. The number of thiophene rings is 1. The number of aromatic nitrogens is 1. The van der Waals surface area contributed by atoms with Crippen molar-refractivity contribution in [1.82, 2.24) is 14.6 Å². The molecule has 0 bridgehead atoms.